The Balaban J connectivity index is 1.86. The zero-order chi connectivity index (χ0) is 13.7. The summed E-state index contributed by atoms with van der Waals surface area (Å²) < 4.78 is 28.3. The predicted octanol–water partition coefficient (Wildman–Crippen LogP) is 1.56. The zero-order valence-corrected chi connectivity index (χ0v) is 11.6. The Kier molecular flexibility index (Phi) is 4.34. The van der Waals surface area contributed by atoms with Gasteiger partial charge >= 0.3 is 0 Å². The molecule has 1 aromatic carbocycles. The van der Waals surface area contributed by atoms with E-state index in [9.17, 15) is 8.42 Å². The molecule has 0 unspecified atom stereocenters. The van der Waals surface area contributed by atoms with Crippen molar-refractivity contribution in [1.82, 2.24) is 14.5 Å². The topological polar surface area (TPSA) is 64.0 Å². The molecule has 102 valence electrons. The summed E-state index contributed by atoms with van der Waals surface area (Å²) in [6, 6.07) is 8.66. The Hall–Kier alpha value is -1.66. The van der Waals surface area contributed by atoms with Gasteiger partial charge in [-0.25, -0.2) is 13.1 Å². The second-order valence-corrected chi connectivity index (χ2v) is 6.10. The van der Waals surface area contributed by atoms with Crippen LogP contribution in [0, 0.1) is 6.92 Å². The van der Waals surface area contributed by atoms with E-state index in [1.165, 1.54) is 0 Å². The van der Waals surface area contributed by atoms with Gasteiger partial charge in [-0.3, -0.25) is 4.68 Å². The van der Waals surface area contributed by atoms with Gasteiger partial charge in [-0.05, 0) is 31.5 Å². The predicted molar refractivity (Wildman–Crippen MR) is 73.2 cm³/mol. The molecule has 0 saturated heterocycles. The number of benzene rings is 1. The number of nitrogens with one attached hydrogen (secondary N) is 1. The van der Waals surface area contributed by atoms with E-state index in [4.69, 9.17) is 0 Å². The molecule has 1 N–H and O–H groups in total. The molecule has 6 heteroatoms. The lowest BCUT2D eigenvalue weighted by Crippen LogP contribution is -2.25. The van der Waals surface area contributed by atoms with E-state index in [1.807, 2.05) is 19.2 Å². The van der Waals surface area contributed by atoms with Crippen LogP contribution in [-0.4, -0.2) is 24.7 Å². The molecule has 1 aromatic heterocycles. The molecule has 0 amide bonds. The van der Waals surface area contributed by atoms with Gasteiger partial charge in [-0.2, -0.15) is 5.10 Å². The first-order valence-corrected chi connectivity index (χ1v) is 7.60. The molecule has 0 saturated carbocycles. The van der Waals surface area contributed by atoms with E-state index < -0.39 is 10.0 Å². The minimum absolute atomic E-state index is 0.303. The van der Waals surface area contributed by atoms with E-state index in [1.54, 1.807) is 35.1 Å². The second-order valence-electron chi connectivity index (χ2n) is 4.33. The minimum atomic E-state index is -3.40. The summed E-state index contributed by atoms with van der Waals surface area (Å²) in [5.41, 5.74) is 1.04. The monoisotopic (exact) mass is 279 g/mol. The Morgan fingerprint density at radius 2 is 2.00 bits per heavy atom. The van der Waals surface area contributed by atoms with Crippen molar-refractivity contribution in [2.75, 3.05) is 6.54 Å². The van der Waals surface area contributed by atoms with E-state index in [0.29, 0.717) is 24.4 Å². The summed E-state index contributed by atoms with van der Waals surface area (Å²) in [5, 5.41) is 4.06. The number of hydrogen-bond acceptors (Lipinski definition) is 3. The van der Waals surface area contributed by atoms with Gasteiger partial charge in [0, 0.05) is 25.5 Å². The van der Waals surface area contributed by atoms with Crippen LogP contribution in [0.1, 0.15) is 12.0 Å². The third-order valence-corrected chi connectivity index (χ3v) is 4.22. The summed E-state index contributed by atoms with van der Waals surface area (Å²) in [7, 11) is -3.40. The Bertz CT molecular complexity index is 604. The highest BCUT2D eigenvalue weighted by Crippen LogP contribution is 2.09. The fraction of sp³-hybridized carbons (Fsp3) is 0.308. The van der Waals surface area contributed by atoms with Gasteiger partial charge in [0.15, 0.2) is 0 Å². The molecule has 2 rings (SSSR count). The third kappa shape index (κ3) is 3.90. The van der Waals surface area contributed by atoms with Gasteiger partial charge in [0.1, 0.15) is 0 Å². The molecule has 0 bridgehead atoms. The molecule has 5 nitrogen and oxygen atoms in total. The first-order valence-electron chi connectivity index (χ1n) is 6.12. The standard InChI is InChI=1S/C13H17N3O2S/c1-12-4-6-13(7-5-12)19(17,18)15-9-3-11-16-10-2-8-14-16/h2,4-8,10,15H,3,9,11H2,1H3. The summed E-state index contributed by atoms with van der Waals surface area (Å²) in [6.07, 6.45) is 4.26. The van der Waals surface area contributed by atoms with Crippen molar-refractivity contribution in [2.45, 2.75) is 24.8 Å². The third-order valence-electron chi connectivity index (χ3n) is 2.75. The average Bonchev–Trinajstić information content (AvgIpc) is 2.88. The lowest BCUT2D eigenvalue weighted by molar-refractivity contribution is 0.553. The second kappa shape index (κ2) is 5.99. The number of rotatable bonds is 6. The molecule has 2 aromatic rings. The van der Waals surface area contributed by atoms with Crippen LogP contribution in [0.4, 0.5) is 0 Å². The zero-order valence-electron chi connectivity index (χ0n) is 10.8. The molecule has 19 heavy (non-hydrogen) atoms. The molecule has 0 aliphatic rings. The van der Waals surface area contributed by atoms with Gasteiger partial charge in [0.05, 0.1) is 4.90 Å². The van der Waals surface area contributed by atoms with Crippen molar-refractivity contribution < 1.29 is 8.42 Å². The van der Waals surface area contributed by atoms with Gasteiger partial charge in [-0.1, -0.05) is 17.7 Å². The van der Waals surface area contributed by atoms with Crippen LogP contribution in [0.3, 0.4) is 0 Å². The van der Waals surface area contributed by atoms with Crippen molar-refractivity contribution in [3.8, 4) is 0 Å². The summed E-state index contributed by atoms with van der Waals surface area (Å²) in [4.78, 5) is 0.303. The highest BCUT2D eigenvalue weighted by Gasteiger charge is 2.12. The number of aryl methyl sites for hydroxylation is 2. The number of sulfonamides is 1. The van der Waals surface area contributed by atoms with E-state index in [2.05, 4.69) is 9.82 Å². The van der Waals surface area contributed by atoms with Crippen LogP contribution >= 0.6 is 0 Å². The lowest BCUT2D eigenvalue weighted by Gasteiger charge is -2.07. The minimum Gasteiger partial charge on any atom is -0.273 e. The largest absolute Gasteiger partial charge is 0.273 e. The Morgan fingerprint density at radius 3 is 2.63 bits per heavy atom. The van der Waals surface area contributed by atoms with Crippen LogP contribution in [0.15, 0.2) is 47.6 Å². The first-order chi connectivity index (χ1) is 9.08. The maximum Gasteiger partial charge on any atom is 0.240 e. The SMILES string of the molecule is Cc1ccc(S(=O)(=O)NCCCn2cccn2)cc1. The van der Waals surface area contributed by atoms with Crippen LogP contribution < -0.4 is 4.72 Å². The fourth-order valence-corrected chi connectivity index (χ4v) is 2.76. The Labute approximate surface area is 113 Å². The lowest BCUT2D eigenvalue weighted by atomic mass is 10.2. The van der Waals surface area contributed by atoms with Gasteiger partial charge in [-0.15, -0.1) is 0 Å². The summed E-state index contributed by atoms with van der Waals surface area (Å²) in [6.45, 7) is 3.02. The maximum atomic E-state index is 12.0. The quantitative estimate of drug-likeness (QED) is 0.816. The first kappa shape index (κ1) is 13.8. The van der Waals surface area contributed by atoms with Gasteiger partial charge < -0.3 is 0 Å². The van der Waals surface area contributed by atoms with E-state index in [-0.39, 0.29) is 0 Å². The van der Waals surface area contributed by atoms with Crippen LogP contribution in [-0.2, 0) is 16.6 Å². The molecule has 0 radical (unpaired) electrons. The average molecular weight is 279 g/mol. The van der Waals surface area contributed by atoms with Crippen LogP contribution in [0.5, 0.6) is 0 Å². The molecule has 0 aliphatic carbocycles. The number of aromatic nitrogens is 2. The van der Waals surface area contributed by atoms with E-state index >= 15 is 0 Å². The fourth-order valence-electron chi connectivity index (χ4n) is 1.68. The summed E-state index contributed by atoms with van der Waals surface area (Å²) >= 11 is 0. The highest BCUT2D eigenvalue weighted by atomic mass is 32.2. The maximum absolute atomic E-state index is 12.0. The van der Waals surface area contributed by atoms with Crippen molar-refractivity contribution in [2.24, 2.45) is 0 Å². The Morgan fingerprint density at radius 1 is 1.26 bits per heavy atom. The van der Waals surface area contributed by atoms with Crippen molar-refractivity contribution in [3.63, 3.8) is 0 Å². The molecule has 0 aliphatic heterocycles. The molecule has 0 atom stereocenters. The van der Waals surface area contributed by atoms with Gasteiger partial charge in [0.2, 0.25) is 10.0 Å². The smallest absolute Gasteiger partial charge is 0.240 e. The van der Waals surface area contributed by atoms with Crippen LogP contribution in [0.25, 0.3) is 0 Å². The van der Waals surface area contributed by atoms with Crippen molar-refractivity contribution in [1.29, 1.82) is 0 Å². The molecule has 0 spiro atoms. The highest BCUT2D eigenvalue weighted by molar-refractivity contribution is 7.89. The summed E-state index contributed by atoms with van der Waals surface area (Å²) in [5.74, 6) is 0. The van der Waals surface area contributed by atoms with Crippen LogP contribution in [0.2, 0.25) is 0 Å². The van der Waals surface area contributed by atoms with Crippen molar-refractivity contribution >= 4 is 10.0 Å². The van der Waals surface area contributed by atoms with E-state index in [0.717, 1.165) is 5.56 Å². The molecular formula is C13H17N3O2S. The molecule has 1 heterocycles. The van der Waals surface area contributed by atoms with Gasteiger partial charge in [0.25, 0.3) is 0 Å². The molecular weight excluding hydrogens is 262 g/mol. The molecule has 0 fully saturated rings. The number of hydrogen-bond donors (Lipinski definition) is 1. The van der Waals surface area contributed by atoms with Crippen molar-refractivity contribution in [3.05, 3.63) is 48.3 Å². The number of nitrogens with zero attached hydrogens (tertiary/aromatic N) is 2. The normalized spacial score (nSPS) is 11.6.